The van der Waals surface area contributed by atoms with Gasteiger partial charge in [0.15, 0.2) is 0 Å². The van der Waals surface area contributed by atoms with Crippen LogP contribution in [0, 0.1) is 0 Å². The quantitative estimate of drug-likeness (QED) is 0.467. The Morgan fingerprint density at radius 3 is 2.43 bits per heavy atom. The minimum Gasteiger partial charge on any atom is -0.294 e. The average molecular weight is 374 g/mol. The SMILES string of the molecule is CC(CC(=O)NN)N(C)S(=O)(=O)c1ccc(C(F)(F)F)cc1Cl. The maximum Gasteiger partial charge on any atom is 0.416 e. The zero-order chi connectivity index (χ0) is 18.0. The molecule has 0 aromatic heterocycles. The van der Waals surface area contributed by atoms with E-state index in [4.69, 9.17) is 17.4 Å². The van der Waals surface area contributed by atoms with Gasteiger partial charge in [0.2, 0.25) is 15.9 Å². The lowest BCUT2D eigenvalue weighted by Gasteiger charge is -2.24. The third-order valence-electron chi connectivity index (χ3n) is 3.18. The van der Waals surface area contributed by atoms with E-state index in [9.17, 15) is 26.4 Å². The molecule has 0 heterocycles. The van der Waals surface area contributed by atoms with E-state index < -0.39 is 43.6 Å². The number of amides is 1. The summed E-state index contributed by atoms with van der Waals surface area (Å²) in [6, 6.07) is 1.18. The molecule has 0 radical (unpaired) electrons. The minimum absolute atomic E-state index is 0.218. The van der Waals surface area contributed by atoms with Gasteiger partial charge < -0.3 is 0 Å². The van der Waals surface area contributed by atoms with Crippen LogP contribution in [0.1, 0.15) is 18.9 Å². The van der Waals surface area contributed by atoms with Crippen LogP contribution < -0.4 is 11.3 Å². The second kappa shape index (κ2) is 7.04. The number of nitrogens with one attached hydrogen (secondary N) is 1. The molecule has 1 rings (SSSR count). The van der Waals surface area contributed by atoms with Crippen molar-refractivity contribution in [1.82, 2.24) is 9.73 Å². The Labute approximate surface area is 136 Å². The number of carbonyl (C=O) groups is 1. The molecule has 6 nitrogen and oxygen atoms in total. The van der Waals surface area contributed by atoms with Crippen LogP contribution >= 0.6 is 11.6 Å². The first kappa shape index (κ1) is 19.7. The molecular weight excluding hydrogens is 359 g/mol. The molecule has 1 atom stereocenters. The van der Waals surface area contributed by atoms with Gasteiger partial charge in [0.25, 0.3) is 0 Å². The summed E-state index contributed by atoms with van der Waals surface area (Å²) < 4.78 is 63.5. The highest BCUT2D eigenvalue weighted by atomic mass is 35.5. The van der Waals surface area contributed by atoms with Crippen LogP contribution in [0.25, 0.3) is 0 Å². The van der Waals surface area contributed by atoms with Gasteiger partial charge >= 0.3 is 6.18 Å². The first-order valence-electron chi connectivity index (χ1n) is 6.25. The van der Waals surface area contributed by atoms with Gasteiger partial charge in [0, 0.05) is 19.5 Å². The largest absolute Gasteiger partial charge is 0.416 e. The third-order valence-corrected chi connectivity index (χ3v) is 5.63. The lowest BCUT2D eigenvalue weighted by molar-refractivity contribution is -0.137. The molecular formula is C12H15ClF3N3O3S. The number of alkyl halides is 3. The van der Waals surface area contributed by atoms with Crippen LogP contribution in [-0.4, -0.2) is 31.7 Å². The Bertz CT molecular complexity index is 695. The number of benzene rings is 1. The van der Waals surface area contributed by atoms with Crippen molar-refractivity contribution >= 4 is 27.5 Å². The Kier molecular flexibility index (Phi) is 6.02. The van der Waals surface area contributed by atoms with Crippen molar-refractivity contribution in [3.63, 3.8) is 0 Å². The van der Waals surface area contributed by atoms with Crippen LogP contribution in [0.4, 0.5) is 13.2 Å². The third kappa shape index (κ3) is 4.56. The summed E-state index contributed by atoms with van der Waals surface area (Å²) in [5.41, 5.74) is 0.810. The molecule has 1 aromatic carbocycles. The standard InChI is InChI=1S/C12H15ClF3N3O3S/c1-7(5-11(20)18-17)19(2)23(21,22)10-4-3-8(6-9(10)13)12(14,15)16/h3-4,6-7H,5,17H2,1-2H3,(H,18,20). The molecule has 0 fully saturated rings. The number of halogens is 4. The highest BCUT2D eigenvalue weighted by molar-refractivity contribution is 7.89. The summed E-state index contributed by atoms with van der Waals surface area (Å²) in [6.45, 7) is 1.45. The highest BCUT2D eigenvalue weighted by Crippen LogP contribution is 2.34. The molecule has 1 unspecified atom stereocenters. The fourth-order valence-corrected chi connectivity index (χ4v) is 3.61. The number of hydrogen-bond acceptors (Lipinski definition) is 4. The van der Waals surface area contributed by atoms with Gasteiger partial charge in [-0.3, -0.25) is 10.2 Å². The van der Waals surface area contributed by atoms with E-state index in [-0.39, 0.29) is 6.42 Å². The zero-order valence-corrected chi connectivity index (χ0v) is 13.8. The molecule has 0 aliphatic heterocycles. The molecule has 11 heteroatoms. The highest BCUT2D eigenvalue weighted by Gasteiger charge is 2.33. The molecule has 23 heavy (non-hydrogen) atoms. The van der Waals surface area contributed by atoms with Crippen LogP contribution in [0.3, 0.4) is 0 Å². The van der Waals surface area contributed by atoms with Gasteiger partial charge in [-0.15, -0.1) is 0 Å². The lowest BCUT2D eigenvalue weighted by atomic mass is 10.2. The summed E-state index contributed by atoms with van der Waals surface area (Å²) in [7, 11) is -2.98. The van der Waals surface area contributed by atoms with Gasteiger partial charge in [-0.1, -0.05) is 11.6 Å². The van der Waals surface area contributed by atoms with Gasteiger partial charge in [-0.05, 0) is 25.1 Å². The molecule has 0 aliphatic carbocycles. The van der Waals surface area contributed by atoms with Crippen molar-refractivity contribution < 1.29 is 26.4 Å². The Morgan fingerprint density at radius 1 is 1.43 bits per heavy atom. The van der Waals surface area contributed by atoms with E-state index in [2.05, 4.69) is 0 Å². The zero-order valence-electron chi connectivity index (χ0n) is 12.2. The molecule has 1 amide bonds. The van der Waals surface area contributed by atoms with E-state index in [0.717, 1.165) is 10.4 Å². The molecule has 1 aromatic rings. The fraction of sp³-hybridized carbons (Fsp3) is 0.417. The monoisotopic (exact) mass is 373 g/mol. The van der Waals surface area contributed by atoms with E-state index >= 15 is 0 Å². The average Bonchev–Trinajstić information content (AvgIpc) is 2.44. The molecule has 0 spiro atoms. The smallest absolute Gasteiger partial charge is 0.294 e. The number of carbonyl (C=O) groups excluding carboxylic acids is 1. The van der Waals surface area contributed by atoms with Gasteiger partial charge in [-0.25, -0.2) is 14.3 Å². The number of sulfonamides is 1. The second-order valence-electron chi connectivity index (χ2n) is 4.78. The number of nitrogens with zero attached hydrogens (tertiary/aromatic N) is 1. The molecule has 3 N–H and O–H groups in total. The molecule has 0 saturated heterocycles. The molecule has 0 bridgehead atoms. The maximum atomic E-state index is 12.6. The van der Waals surface area contributed by atoms with Crippen LogP contribution in [0.5, 0.6) is 0 Å². The van der Waals surface area contributed by atoms with Gasteiger partial charge in [0.05, 0.1) is 10.6 Å². The summed E-state index contributed by atoms with van der Waals surface area (Å²) in [6.07, 6.45) is -4.85. The normalized spacial score (nSPS) is 13.9. The number of nitrogens with two attached hydrogens (primary N) is 1. The lowest BCUT2D eigenvalue weighted by Crippen LogP contribution is -2.40. The van der Waals surface area contributed by atoms with Gasteiger partial charge in [0.1, 0.15) is 4.90 Å². The Morgan fingerprint density at radius 2 is 2.00 bits per heavy atom. The number of hydrazine groups is 1. The van der Waals surface area contributed by atoms with Crippen LogP contribution in [0.2, 0.25) is 5.02 Å². The van der Waals surface area contributed by atoms with E-state index in [1.807, 2.05) is 5.43 Å². The van der Waals surface area contributed by atoms with E-state index in [0.29, 0.717) is 12.1 Å². The molecule has 130 valence electrons. The van der Waals surface area contributed by atoms with Crippen LogP contribution in [0.15, 0.2) is 23.1 Å². The summed E-state index contributed by atoms with van der Waals surface area (Å²) in [4.78, 5) is 10.7. The first-order chi connectivity index (χ1) is 10.4. The topological polar surface area (TPSA) is 92.5 Å². The molecule has 0 aliphatic rings. The second-order valence-corrected chi connectivity index (χ2v) is 7.16. The minimum atomic E-state index is -4.63. The van der Waals surface area contributed by atoms with Crippen LogP contribution in [-0.2, 0) is 21.0 Å². The predicted octanol–water partition coefficient (Wildman–Crippen LogP) is 1.75. The molecule has 0 saturated carbocycles. The summed E-state index contributed by atoms with van der Waals surface area (Å²) in [5.74, 6) is 4.34. The first-order valence-corrected chi connectivity index (χ1v) is 8.07. The van der Waals surface area contributed by atoms with E-state index in [1.54, 1.807) is 0 Å². The summed E-state index contributed by atoms with van der Waals surface area (Å²) >= 11 is 5.70. The van der Waals surface area contributed by atoms with Crippen molar-refractivity contribution in [2.45, 2.75) is 30.5 Å². The van der Waals surface area contributed by atoms with Crippen molar-refractivity contribution in [2.75, 3.05) is 7.05 Å². The Balaban J connectivity index is 3.16. The fourth-order valence-electron chi connectivity index (χ4n) is 1.73. The predicted molar refractivity (Wildman–Crippen MR) is 77.8 cm³/mol. The van der Waals surface area contributed by atoms with Crippen molar-refractivity contribution in [2.24, 2.45) is 5.84 Å². The van der Waals surface area contributed by atoms with E-state index in [1.165, 1.54) is 14.0 Å². The van der Waals surface area contributed by atoms with Crippen molar-refractivity contribution in [3.05, 3.63) is 28.8 Å². The maximum absolute atomic E-state index is 12.6. The Hall–Kier alpha value is -1.36. The summed E-state index contributed by atoms with van der Waals surface area (Å²) in [5, 5.41) is -0.554. The van der Waals surface area contributed by atoms with Crippen molar-refractivity contribution in [1.29, 1.82) is 0 Å². The number of rotatable bonds is 5. The number of hydrogen-bond donors (Lipinski definition) is 2. The van der Waals surface area contributed by atoms with Crippen molar-refractivity contribution in [3.8, 4) is 0 Å². The van der Waals surface area contributed by atoms with Gasteiger partial charge in [-0.2, -0.15) is 17.5 Å².